The van der Waals surface area contributed by atoms with Gasteiger partial charge >= 0.3 is 6.03 Å². The van der Waals surface area contributed by atoms with Crippen LogP contribution in [0.2, 0.25) is 0 Å². The smallest absolute Gasteiger partial charge is 0.317 e. The summed E-state index contributed by atoms with van der Waals surface area (Å²) in [7, 11) is 0. The van der Waals surface area contributed by atoms with Crippen LogP contribution in [-0.2, 0) is 0 Å². The molecule has 3 N–H and O–H groups in total. The molecule has 0 aromatic carbocycles. The third kappa shape index (κ3) is 3.07. The predicted molar refractivity (Wildman–Crippen MR) is 69.4 cm³/mol. The molecule has 0 heterocycles. The van der Waals surface area contributed by atoms with Crippen LogP contribution in [-0.4, -0.2) is 35.1 Å². The fraction of sp³-hybridized carbons (Fsp3) is 0.818. The van der Waals surface area contributed by atoms with E-state index in [4.69, 9.17) is 18.0 Å². The van der Waals surface area contributed by atoms with Crippen LogP contribution < -0.4 is 11.1 Å². The summed E-state index contributed by atoms with van der Waals surface area (Å²) in [6, 6.07) is 0.128. The fourth-order valence-electron chi connectivity index (χ4n) is 2.23. The van der Waals surface area contributed by atoms with Crippen LogP contribution in [0.5, 0.6) is 0 Å². The van der Waals surface area contributed by atoms with E-state index >= 15 is 0 Å². The first-order valence-corrected chi connectivity index (χ1v) is 6.35. The molecule has 0 aromatic heterocycles. The normalized spacial score (nSPS) is 24.1. The Hall–Kier alpha value is -0.840. The number of carbonyl (C=O) groups is 1. The minimum absolute atomic E-state index is 0.00171. The highest BCUT2D eigenvalue weighted by atomic mass is 32.1. The fourth-order valence-corrected chi connectivity index (χ4v) is 2.52. The van der Waals surface area contributed by atoms with Crippen molar-refractivity contribution in [3.05, 3.63) is 0 Å². The molecule has 0 saturated heterocycles. The molecule has 0 bridgehead atoms. The number of hydrogen-bond acceptors (Lipinski definition) is 2. The van der Waals surface area contributed by atoms with Crippen molar-refractivity contribution in [1.29, 1.82) is 0 Å². The molecule has 1 saturated carbocycles. The molecule has 16 heavy (non-hydrogen) atoms. The number of urea groups is 1. The van der Waals surface area contributed by atoms with E-state index in [2.05, 4.69) is 5.32 Å². The number of nitrogens with one attached hydrogen (secondary N) is 1. The van der Waals surface area contributed by atoms with E-state index in [1.54, 1.807) is 4.90 Å². The molecule has 0 aliphatic heterocycles. The minimum atomic E-state index is -0.00171. The third-order valence-electron chi connectivity index (χ3n) is 3.24. The lowest BCUT2D eigenvalue weighted by molar-refractivity contribution is 0.198. The van der Waals surface area contributed by atoms with Crippen molar-refractivity contribution in [2.75, 3.05) is 13.1 Å². The van der Waals surface area contributed by atoms with Gasteiger partial charge in [0.1, 0.15) is 0 Å². The van der Waals surface area contributed by atoms with Crippen molar-refractivity contribution in [3.8, 4) is 0 Å². The highest BCUT2D eigenvalue weighted by Gasteiger charge is 2.31. The number of nitrogens with zero attached hydrogens (tertiary/aromatic N) is 1. The first kappa shape index (κ1) is 13.2. The minimum Gasteiger partial charge on any atom is -0.393 e. The monoisotopic (exact) mass is 243 g/mol. The molecule has 2 unspecified atom stereocenters. The summed E-state index contributed by atoms with van der Waals surface area (Å²) >= 11 is 5.02. The van der Waals surface area contributed by atoms with Crippen molar-refractivity contribution in [2.24, 2.45) is 11.7 Å². The van der Waals surface area contributed by atoms with Crippen molar-refractivity contribution >= 4 is 23.2 Å². The largest absolute Gasteiger partial charge is 0.393 e. The quantitative estimate of drug-likeness (QED) is 0.736. The SMILES string of the molecule is CCN(CC)C(=O)NC1CCCC1C(N)=S. The van der Waals surface area contributed by atoms with Crippen molar-refractivity contribution in [3.63, 3.8) is 0 Å². The Labute approximate surface area is 103 Å². The van der Waals surface area contributed by atoms with Gasteiger partial charge in [0.05, 0.1) is 4.99 Å². The van der Waals surface area contributed by atoms with Crippen LogP contribution in [0.4, 0.5) is 4.79 Å². The van der Waals surface area contributed by atoms with Gasteiger partial charge in [0.15, 0.2) is 0 Å². The van der Waals surface area contributed by atoms with Gasteiger partial charge in [-0.1, -0.05) is 18.6 Å². The van der Waals surface area contributed by atoms with Gasteiger partial charge in [-0.2, -0.15) is 0 Å². The second kappa shape index (κ2) is 6.03. The molecule has 0 radical (unpaired) electrons. The van der Waals surface area contributed by atoms with Gasteiger partial charge in [-0.15, -0.1) is 0 Å². The average molecular weight is 243 g/mol. The summed E-state index contributed by atoms with van der Waals surface area (Å²) in [5, 5.41) is 3.03. The number of rotatable bonds is 4. The Balaban J connectivity index is 2.53. The molecule has 1 aliphatic rings. The summed E-state index contributed by atoms with van der Waals surface area (Å²) in [4.78, 5) is 14.2. The van der Waals surface area contributed by atoms with Gasteiger partial charge in [-0.05, 0) is 26.7 Å². The number of thiocarbonyl (C=S) groups is 1. The third-order valence-corrected chi connectivity index (χ3v) is 3.54. The van der Waals surface area contributed by atoms with Crippen molar-refractivity contribution < 1.29 is 4.79 Å². The highest BCUT2D eigenvalue weighted by molar-refractivity contribution is 7.80. The standard InChI is InChI=1S/C11H21N3OS/c1-3-14(4-2)11(15)13-9-7-5-6-8(9)10(12)16/h8-9H,3-7H2,1-2H3,(H2,12,16)(H,13,15). The van der Waals surface area contributed by atoms with Gasteiger partial charge in [0, 0.05) is 25.0 Å². The maximum atomic E-state index is 11.9. The number of hydrogen-bond donors (Lipinski definition) is 2. The molecular weight excluding hydrogens is 222 g/mol. The first-order chi connectivity index (χ1) is 7.60. The Morgan fingerprint density at radius 1 is 1.44 bits per heavy atom. The van der Waals surface area contributed by atoms with E-state index in [1.807, 2.05) is 13.8 Å². The van der Waals surface area contributed by atoms with Crippen LogP contribution in [0.25, 0.3) is 0 Å². The molecule has 92 valence electrons. The zero-order chi connectivity index (χ0) is 12.1. The summed E-state index contributed by atoms with van der Waals surface area (Å²) in [6.07, 6.45) is 3.07. The van der Waals surface area contributed by atoms with E-state index in [0.717, 1.165) is 32.4 Å². The van der Waals surface area contributed by atoms with Gasteiger partial charge in [0.25, 0.3) is 0 Å². The zero-order valence-electron chi connectivity index (χ0n) is 10.0. The Morgan fingerprint density at radius 2 is 2.06 bits per heavy atom. The second-order valence-corrected chi connectivity index (χ2v) is 4.64. The Bertz CT molecular complexity index is 266. The van der Waals surface area contributed by atoms with Crippen molar-refractivity contribution in [1.82, 2.24) is 10.2 Å². The average Bonchev–Trinajstić information content (AvgIpc) is 2.67. The second-order valence-electron chi connectivity index (χ2n) is 4.17. The summed E-state index contributed by atoms with van der Waals surface area (Å²) in [5.74, 6) is 0.175. The highest BCUT2D eigenvalue weighted by Crippen LogP contribution is 2.25. The van der Waals surface area contributed by atoms with E-state index in [9.17, 15) is 4.79 Å². The molecule has 1 fully saturated rings. The lowest BCUT2D eigenvalue weighted by Crippen LogP contribution is -2.47. The summed E-state index contributed by atoms with van der Waals surface area (Å²) in [5.41, 5.74) is 5.67. The van der Waals surface area contributed by atoms with E-state index in [1.165, 1.54) is 0 Å². The van der Waals surface area contributed by atoms with Crippen LogP contribution >= 0.6 is 12.2 Å². The lowest BCUT2D eigenvalue weighted by atomic mass is 10.0. The van der Waals surface area contributed by atoms with Gasteiger partial charge in [-0.25, -0.2) is 4.79 Å². The first-order valence-electron chi connectivity index (χ1n) is 5.94. The van der Waals surface area contributed by atoms with Crippen LogP contribution in [0.1, 0.15) is 33.1 Å². The molecule has 0 spiro atoms. The maximum Gasteiger partial charge on any atom is 0.317 e. The molecule has 1 rings (SSSR count). The van der Waals surface area contributed by atoms with E-state index in [-0.39, 0.29) is 18.0 Å². The van der Waals surface area contributed by atoms with E-state index < -0.39 is 0 Å². The van der Waals surface area contributed by atoms with Gasteiger partial charge < -0.3 is 16.0 Å². The molecule has 2 atom stereocenters. The molecule has 4 nitrogen and oxygen atoms in total. The van der Waals surface area contributed by atoms with Gasteiger partial charge in [-0.3, -0.25) is 0 Å². The van der Waals surface area contributed by atoms with Gasteiger partial charge in [0.2, 0.25) is 0 Å². The zero-order valence-corrected chi connectivity index (χ0v) is 10.8. The molecule has 2 amide bonds. The predicted octanol–water partition coefficient (Wildman–Crippen LogP) is 1.49. The van der Waals surface area contributed by atoms with Crippen LogP contribution in [0.15, 0.2) is 0 Å². The maximum absolute atomic E-state index is 11.9. The lowest BCUT2D eigenvalue weighted by Gasteiger charge is -2.25. The van der Waals surface area contributed by atoms with Crippen LogP contribution in [0, 0.1) is 5.92 Å². The molecular formula is C11H21N3OS. The van der Waals surface area contributed by atoms with Crippen molar-refractivity contribution in [2.45, 2.75) is 39.2 Å². The number of carbonyl (C=O) groups excluding carboxylic acids is 1. The Kier molecular flexibility index (Phi) is 4.99. The van der Waals surface area contributed by atoms with E-state index in [0.29, 0.717) is 4.99 Å². The summed E-state index contributed by atoms with van der Waals surface area (Å²) in [6.45, 7) is 5.41. The molecule has 1 aliphatic carbocycles. The topological polar surface area (TPSA) is 58.4 Å². The number of amides is 2. The number of nitrogens with two attached hydrogens (primary N) is 1. The Morgan fingerprint density at radius 3 is 2.56 bits per heavy atom. The van der Waals surface area contributed by atoms with Crippen LogP contribution in [0.3, 0.4) is 0 Å². The summed E-state index contributed by atoms with van der Waals surface area (Å²) < 4.78 is 0. The molecule has 0 aromatic rings. The molecule has 5 heteroatoms.